The Balaban J connectivity index is 1.36. The van der Waals surface area contributed by atoms with Gasteiger partial charge in [-0.3, -0.25) is 0 Å². The van der Waals surface area contributed by atoms with Crippen molar-refractivity contribution in [3.05, 3.63) is 107 Å². The summed E-state index contributed by atoms with van der Waals surface area (Å²) in [5, 5.41) is 1.14. The summed E-state index contributed by atoms with van der Waals surface area (Å²) >= 11 is 0. The summed E-state index contributed by atoms with van der Waals surface area (Å²) in [4.78, 5) is 0. The molecule has 26 heavy (non-hydrogen) atoms. The Hall–Kier alpha value is -3.32. The van der Waals surface area contributed by atoms with Gasteiger partial charge in [0.05, 0.1) is 0 Å². The highest BCUT2D eigenvalue weighted by atomic mass is 16.3. The molecule has 0 N–H and O–H groups in total. The maximum atomic E-state index is 5.94. The summed E-state index contributed by atoms with van der Waals surface area (Å²) in [7, 11) is 0. The van der Waals surface area contributed by atoms with Crippen LogP contribution in [0.2, 0.25) is 0 Å². The first-order chi connectivity index (χ1) is 12.8. The van der Waals surface area contributed by atoms with E-state index in [1.165, 1.54) is 22.3 Å². The fourth-order valence-electron chi connectivity index (χ4n) is 3.50. The first-order valence-corrected chi connectivity index (χ1v) is 8.91. The van der Waals surface area contributed by atoms with Crippen molar-refractivity contribution >= 4 is 23.1 Å². The third-order valence-corrected chi connectivity index (χ3v) is 4.90. The summed E-state index contributed by atoms with van der Waals surface area (Å²) < 4.78 is 5.94. The number of hydrogen-bond donors (Lipinski definition) is 0. The fourth-order valence-corrected chi connectivity index (χ4v) is 3.50. The van der Waals surface area contributed by atoms with Crippen LogP contribution in [0.5, 0.6) is 0 Å². The van der Waals surface area contributed by atoms with Gasteiger partial charge in [-0.2, -0.15) is 0 Å². The van der Waals surface area contributed by atoms with Crippen LogP contribution in [-0.4, -0.2) is 0 Å². The zero-order valence-electron chi connectivity index (χ0n) is 14.4. The molecule has 0 saturated heterocycles. The average Bonchev–Trinajstić information content (AvgIpc) is 3.30. The number of hydrogen-bond acceptors (Lipinski definition) is 1. The predicted octanol–water partition coefficient (Wildman–Crippen LogP) is 6.75. The van der Waals surface area contributed by atoms with E-state index >= 15 is 0 Å². The molecule has 1 aliphatic rings. The van der Waals surface area contributed by atoms with E-state index in [4.69, 9.17) is 4.42 Å². The standard InChI is InChI=1S/C25H18O/c1-2-6-22-16-19(15-21(22)5-1)10-9-18-11-13-20(14-12-18)25-17-23-7-3-4-8-24(23)26-25/h1-15,17H,16H2. The maximum absolute atomic E-state index is 5.94. The minimum atomic E-state index is 0.913. The zero-order chi connectivity index (χ0) is 17.3. The zero-order valence-corrected chi connectivity index (χ0v) is 14.4. The molecule has 1 aromatic heterocycles. The smallest absolute Gasteiger partial charge is 0.135 e. The van der Waals surface area contributed by atoms with E-state index in [2.05, 4.69) is 78.9 Å². The van der Waals surface area contributed by atoms with Crippen molar-refractivity contribution in [3.8, 4) is 11.3 Å². The highest BCUT2D eigenvalue weighted by Gasteiger charge is 2.09. The van der Waals surface area contributed by atoms with Gasteiger partial charge >= 0.3 is 0 Å². The van der Waals surface area contributed by atoms with E-state index in [1.807, 2.05) is 18.2 Å². The van der Waals surface area contributed by atoms with E-state index in [9.17, 15) is 0 Å². The molecule has 0 unspecified atom stereocenters. The molecule has 3 aromatic carbocycles. The Morgan fingerprint density at radius 3 is 2.42 bits per heavy atom. The van der Waals surface area contributed by atoms with Crippen LogP contribution in [0.3, 0.4) is 0 Å². The quantitative estimate of drug-likeness (QED) is 0.404. The molecular formula is C25H18O. The number of fused-ring (bicyclic) bond motifs is 2. The minimum absolute atomic E-state index is 0.913. The van der Waals surface area contributed by atoms with Crippen molar-refractivity contribution < 1.29 is 4.42 Å². The van der Waals surface area contributed by atoms with Crippen molar-refractivity contribution in [2.75, 3.05) is 0 Å². The maximum Gasteiger partial charge on any atom is 0.135 e. The molecule has 0 aliphatic heterocycles. The van der Waals surface area contributed by atoms with Gasteiger partial charge in [-0.05, 0) is 40.8 Å². The molecule has 1 heteroatoms. The normalized spacial score (nSPS) is 13.3. The molecule has 4 aromatic rings. The lowest BCUT2D eigenvalue weighted by Gasteiger charge is -1.99. The molecule has 0 spiro atoms. The predicted molar refractivity (Wildman–Crippen MR) is 109 cm³/mol. The second-order valence-corrected chi connectivity index (χ2v) is 6.70. The number of para-hydroxylation sites is 1. The molecule has 1 aliphatic carbocycles. The molecule has 0 bridgehead atoms. The van der Waals surface area contributed by atoms with Crippen LogP contribution in [0.1, 0.15) is 16.7 Å². The fraction of sp³-hybridized carbons (Fsp3) is 0.0400. The number of rotatable bonds is 3. The molecule has 1 heterocycles. The number of allylic oxidation sites excluding steroid dienone is 2. The van der Waals surface area contributed by atoms with Crippen LogP contribution in [0, 0.1) is 0 Å². The highest BCUT2D eigenvalue weighted by molar-refractivity contribution is 5.82. The van der Waals surface area contributed by atoms with Crippen LogP contribution < -0.4 is 0 Å². The van der Waals surface area contributed by atoms with Crippen LogP contribution in [0.25, 0.3) is 34.4 Å². The van der Waals surface area contributed by atoms with E-state index in [1.54, 1.807) is 0 Å². The van der Waals surface area contributed by atoms with Crippen LogP contribution >= 0.6 is 0 Å². The first kappa shape index (κ1) is 15.0. The molecule has 0 fully saturated rings. The van der Waals surface area contributed by atoms with E-state index in [-0.39, 0.29) is 0 Å². The molecule has 0 amide bonds. The number of benzene rings is 3. The van der Waals surface area contributed by atoms with Crippen molar-refractivity contribution in [1.82, 2.24) is 0 Å². The van der Waals surface area contributed by atoms with Crippen LogP contribution in [0.15, 0.2) is 94.9 Å². The topological polar surface area (TPSA) is 13.1 Å². The molecule has 5 rings (SSSR count). The Bertz CT molecular complexity index is 1110. The lowest BCUT2D eigenvalue weighted by molar-refractivity contribution is 0.631. The van der Waals surface area contributed by atoms with Crippen molar-refractivity contribution in [2.45, 2.75) is 6.42 Å². The Kier molecular flexibility index (Phi) is 3.57. The van der Waals surface area contributed by atoms with Gasteiger partial charge in [0, 0.05) is 10.9 Å². The monoisotopic (exact) mass is 334 g/mol. The van der Waals surface area contributed by atoms with Gasteiger partial charge < -0.3 is 4.42 Å². The lowest BCUT2D eigenvalue weighted by Crippen LogP contribution is -1.81. The van der Waals surface area contributed by atoms with Crippen molar-refractivity contribution in [2.24, 2.45) is 0 Å². The van der Waals surface area contributed by atoms with Gasteiger partial charge in [0.1, 0.15) is 11.3 Å². The molecule has 0 atom stereocenters. The summed E-state index contributed by atoms with van der Waals surface area (Å²) in [6.07, 6.45) is 7.69. The average molecular weight is 334 g/mol. The Morgan fingerprint density at radius 2 is 1.58 bits per heavy atom. The Labute approximate surface area is 152 Å². The summed E-state index contributed by atoms with van der Waals surface area (Å²) in [6.45, 7) is 0. The molecular weight excluding hydrogens is 316 g/mol. The van der Waals surface area contributed by atoms with Crippen LogP contribution in [-0.2, 0) is 6.42 Å². The second kappa shape index (κ2) is 6.20. The summed E-state index contributed by atoms with van der Waals surface area (Å²) in [5.74, 6) is 0.913. The van der Waals surface area contributed by atoms with Crippen molar-refractivity contribution in [1.29, 1.82) is 0 Å². The third kappa shape index (κ3) is 2.78. The number of furan rings is 1. The lowest BCUT2D eigenvalue weighted by atomic mass is 10.1. The summed E-state index contributed by atoms with van der Waals surface area (Å²) in [6, 6.07) is 27.3. The van der Waals surface area contributed by atoms with Gasteiger partial charge in [0.25, 0.3) is 0 Å². The second-order valence-electron chi connectivity index (χ2n) is 6.70. The van der Waals surface area contributed by atoms with Gasteiger partial charge in [-0.25, -0.2) is 0 Å². The summed E-state index contributed by atoms with van der Waals surface area (Å²) in [5.41, 5.74) is 7.33. The molecule has 0 saturated carbocycles. The van der Waals surface area contributed by atoms with Gasteiger partial charge in [-0.15, -0.1) is 0 Å². The van der Waals surface area contributed by atoms with E-state index < -0.39 is 0 Å². The third-order valence-electron chi connectivity index (χ3n) is 4.90. The Morgan fingerprint density at radius 1 is 0.769 bits per heavy atom. The van der Waals surface area contributed by atoms with E-state index in [0.29, 0.717) is 0 Å². The SMILES string of the molecule is C(=Cc1ccc(-c2cc3ccccc3o2)cc1)C1=Cc2ccccc2C1. The van der Waals surface area contributed by atoms with Gasteiger partial charge in [0.15, 0.2) is 0 Å². The molecule has 124 valence electrons. The minimum Gasteiger partial charge on any atom is -0.456 e. The first-order valence-electron chi connectivity index (χ1n) is 8.91. The molecule has 1 nitrogen and oxygen atoms in total. The largest absolute Gasteiger partial charge is 0.456 e. The van der Waals surface area contributed by atoms with Gasteiger partial charge in [0.2, 0.25) is 0 Å². The molecule has 0 radical (unpaired) electrons. The highest BCUT2D eigenvalue weighted by Crippen LogP contribution is 2.29. The van der Waals surface area contributed by atoms with E-state index in [0.717, 1.165) is 28.7 Å². The van der Waals surface area contributed by atoms with Gasteiger partial charge in [-0.1, -0.05) is 85.0 Å². The van der Waals surface area contributed by atoms with Crippen molar-refractivity contribution in [3.63, 3.8) is 0 Å². The van der Waals surface area contributed by atoms with Crippen LogP contribution in [0.4, 0.5) is 0 Å².